The third-order valence-electron chi connectivity index (χ3n) is 4.98. The molecule has 1 aliphatic carbocycles. The second-order valence-electron chi connectivity index (χ2n) is 6.66. The van der Waals surface area contributed by atoms with Gasteiger partial charge in [-0.15, -0.1) is 11.3 Å². The van der Waals surface area contributed by atoms with Crippen LogP contribution in [0, 0.1) is 0 Å². The van der Waals surface area contributed by atoms with E-state index in [0.29, 0.717) is 6.04 Å². The van der Waals surface area contributed by atoms with Gasteiger partial charge in [-0.25, -0.2) is 4.98 Å². The Morgan fingerprint density at radius 2 is 2.05 bits per heavy atom. The standard InChI is InChI=1S/C16H26N4S/c1-2-5-17-10-14-15(12-3-4-12)18-16(21-14)13-11-19-6-8-20(13)9-7-19/h12-13,17H,2-11H2,1H3. The molecule has 5 heteroatoms. The molecule has 5 rings (SSSR count). The van der Waals surface area contributed by atoms with Gasteiger partial charge in [0.2, 0.25) is 0 Å². The van der Waals surface area contributed by atoms with E-state index in [1.54, 1.807) is 0 Å². The van der Waals surface area contributed by atoms with Gasteiger partial charge in [0.15, 0.2) is 0 Å². The van der Waals surface area contributed by atoms with Gasteiger partial charge in [-0.1, -0.05) is 6.92 Å². The molecule has 0 spiro atoms. The van der Waals surface area contributed by atoms with Crippen molar-refractivity contribution in [1.82, 2.24) is 20.1 Å². The zero-order valence-electron chi connectivity index (χ0n) is 13.0. The molecule has 0 amide bonds. The number of rotatable bonds is 6. The van der Waals surface area contributed by atoms with Crippen LogP contribution in [0.2, 0.25) is 0 Å². The topological polar surface area (TPSA) is 31.4 Å². The van der Waals surface area contributed by atoms with Crippen LogP contribution in [0.1, 0.15) is 53.7 Å². The number of aromatic nitrogens is 1. The molecular formula is C16H26N4S. The minimum atomic E-state index is 0.565. The Morgan fingerprint density at radius 3 is 2.67 bits per heavy atom. The molecule has 1 atom stereocenters. The average molecular weight is 306 g/mol. The summed E-state index contributed by atoms with van der Waals surface area (Å²) >= 11 is 1.98. The predicted molar refractivity (Wildman–Crippen MR) is 86.8 cm³/mol. The molecule has 1 unspecified atom stereocenters. The van der Waals surface area contributed by atoms with E-state index < -0.39 is 0 Å². The van der Waals surface area contributed by atoms with E-state index in [2.05, 4.69) is 22.0 Å². The number of thiazole rings is 1. The molecule has 0 radical (unpaired) electrons. The Morgan fingerprint density at radius 1 is 1.24 bits per heavy atom. The minimum Gasteiger partial charge on any atom is -0.312 e. The van der Waals surface area contributed by atoms with Crippen LogP contribution in [0.3, 0.4) is 0 Å². The zero-order chi connectivity index (χ0) is 14.2. The van der Waals surface area contributed by atoms with Gasteiger partial charge in [0, 0.05) is 50.1 Å². The monoisotopic (exact) mass is 306 g/mol. The zero-order valence-corrected chi connectivity index (χ0v) is 13.8. The van der Waals surface area contributed by atoms with Gasteiger partial charge >= 0.3 is 0 Å². The van der Waals surface area contributed by atoms with E-state index in [4.69, 9.17) is 4.98 Å². The molecule has 2 bridgehead atoms. The Hall–Kier alpha value is -0.490. The molecule has 1 saturated carbocycles. The van der Waals surface area contributed by atoms with Crippen LogP contribution in [-0.4, -0.2) is 54.1 Å². The molecule has 4 fully saturated rings. The molecule has 1 N–H and O–H groups in total. The van der Waals surface area contributed by atoms with E-state index in [1.165, 1.54) is 67.6 Å². The maximum absolute atomic E-state index is 5.10. The predicted octanol–water partition coefficient (Wildman–Crippen LogP) is 2.19. The lowest BCUT2D eigenvalue weighted by Gasteiger charge is -2.46. The summed E-state index contributed by atoms with van der Waals surface area (Å²) in [4.78, 5) is 11.9. The van der Waals surface area contributed by atoms with Crippen molar-refractivity contribution in [2.75, 3.05) is 39.3 Å². The summed E-state index contributed by atoms with van der Waals surface area (Å²) < 4.78 is 0. The van der Waals surface area contributed by atoms with E-state index in [0.717, 1.165) is 19.0 Å². The van der Waals surface area contributed by atoms with Crippen LogP contribution in [0.15, 0.2) is 0 Å². The summed E-state index contributed by atoms with van der Waals surface area (Å²) in [7, 11) is 0. The van der Waals surface area contributed by atoms with Crippen molar-refractivity contribution in [3.05, 3.63) is 15.6 Å². The summed E-state index contributed by atoms with van der Waals surface area (Å²) in [5.74, 6) is 0.768. The van der Waals surface area contributed by atoms with Gasteiger partial charge in [-0.3, -0.25) is 9.80 Å². The van der Waals surface area contributed by atoms with E-state index >= 15 is 0 Å². The lowest BCUT2D eigenvalue weighted by atomic mass is 10.1. The van der Waals surface area contributed by atoms with E-state index in [-0.39, 0.29) is 0 Å². The van der Waals surface area contributed by atoms with E-state index in [1.807, 2.05) is 11.3 Å². The van der Waals surface area contributed by atoms with Crippen LogP contribution >= 0.6 is 11.3 Å². The van der Waals surface area contributed by atoms with Gasteiger partial charge < -0.3 is 5.32 Å². The van der Waals surface area contributed by atoms with Gasteiger partial charge in [-0.2, -0.15) is 0 Å². The van der Waals surface area contributed by atoms with Gasteiger partial charge in [0.1, 0.15) is 5.01 Å². The Bertz CT molecular complexity index is 488. The van der Waals surface area contributed by atoms with Crippen LogP contribution in [0.4, 0.5) is 0 Å². The Kier molecular flexibility index (Phi) is 4.00. The maximum Gasteiger partial charge on any atom is 0.112 e. The highest BCUT2D eigenvalue weighted by molar-refractivity contribution is 7.11. The first-order chi connectivity index (χ1) is 10.3. The molecule has 4 heterocycles. The minimum absolute atomic E-state index is 0.565. The largest absolute Gasteiger partial charge is 0.312 e. The highest BCUT2D eigenvalue weighted by Crippen LogP contribution is 2.44. The normalized spacial score (nSPS) is 31.8. The van der Waals surface area contributed by atoms with Crippen molar-refractivity contribution < 1.29 is 0 Å². The van der Waals surface area contributed by atoms with Gasteiger partial charge in [0.25, 0.3) is 0 Å². The molecule has 3 saturated heterocycles. The lowest BCUT2D eigenvalue weighted by molar-refractivity contribution is 0.0122. The van der Waals surface area contributed by atoms with Crippen molar-refractivity contribution in [2.24, 2.45) is 0 Å². The molecule has 21 heavy (non-hydrogen) atoms. The fraction of sp³-hybridized carbons (Fsp3) is 0.812. The highest BCUT2D eigenvalue weighted by Gasteiger charge is 2.37. The van der Waals surface area contributed by atoms with Crippen molar-refractivity contribution >= 4 is 11.3 Å². The number of piperazine rings is 3. The number of hydrogen-bond acceptors (Lipinski definition) is 5. The lowest BCUT2D eigenvalue weighted by Crippen LogP contribution is -2.56. The maximum atomic E-state index is 5.10. The SMILES string of the molecule is CCCNCc1sc(C2CN3CCN2CC3)nc1C1CC1. The Labute approximate surface area is 131 Å². The third kappa shape index (κ3) is 2.89. The first-order valence-electron chi connectivity index (χ1n) is 8.51. The quantitative estimate of drug-likeness (QED) is 0.817. The third-order valence-corrected chi connectivity index (χ3v) is 6.16. The average Bonchev–Trinajstić information content (AvgIpc) is 3.29. The Balaban J connectivity index is 1.53. The van der Waals surface area contributed by atoms with Crippen LogP contribution in [-0.2, 0) is 6.54 Å². The second kappa shape index (κ2) is 5.95. The van der Waals surface area contributed by atoms with Crippen molar-refractivity contribution in [3.63, 3.8) is 0 Å². The smallest absolute Gasteiger partial charge is 0.112 e. The number of fused-ring (bicyclic) bond motifs is 3. The number of hydrogen-bond donors (Lipinski definition) is 1. The molecule has 4 aliphatic rings. The fourth-order valence-electron chi connectivity index (χ4n) is 3.56. The molecule has 116 valence electrons. The van der Waals surface area contributed by atoms with E-state index in [9.17, 15) is 0 Å². The summed E-state index contributed by atoms with van der Waals surface area (Å²) in [6.07, 6.45) is 3.91. The van der Waals surface area contributed by atoms with Crippen molar-refractivity contribution in [1.29, 1.82) is 0 Å². The highest BCUT2D eigenvalue weighted by atomic mass is 32.1. The summed E-state index contributed by atoms with van der Waals surface area (Å²) in [6, 6.07) is 0.565. The van der Waals surface area contributed by atoms with Crippen LogP contribution in [0.5, 0.6) is 0 Å². The summed E-state index contributed by atoms with van der Waals surface area (Å²) in [5.41, 5.74) is 1.43. The van der Waals surface area contributed by atoms with Gasteiger partial charge in [-0.05, 0) is 25.8 Å². The second-order valence-corrected chi connectivity index (χ2v) is 7.78. The summed E-state index contributed by atoms with van der Waals surface area (Å²) in [6.45, 7) is 10.5. The molecule has 3 aliphatic heterocycles. The number of nitrogens with zero attached hydrogens (tertiary/aromatic N) is 3. The molecular weight excluding hydrogens is 280 g/mol. The molecule has 4 nitrogen and oxygen atoms in total. The molecule has 1 aromatic heterocycles. The first kappa shape index (κ1) is 14.1. The molecule has 0 aromatic carbocycles. The van der Waals surface area contributed by atoms with Crippen molar-refractivity contribution in [2.45, 2.75) is 44.7 Å². The van der Waals surface area contributed by atoms with Gasteiger partial charge in [0.05, 0.1) is 11.7 Å². The molecule has 1 aromatic rings. The van der Waals surface area contributed by atoms with Crippen LogP contribution in [0.25, 0.3) is 0 Å². The number of nitrogens with one attached hydrogen (secondary N) is 1. The first-order valence-corrected chi connectivity index (χ1v) is 9.33. The fourth-order valence-corrected chi connectivity index (χ4v) is 4.81. The summed E-state index contributed by atoms with van der Waals surface area (Å²) in [5, 5.41) is 4.95. The van der Waals surface area contributed by atoms with Crippen molar-refractivity contribution in [3.8, 4) is 0 Å². The van der Waals surface area contributed by atoms with Crippen LogP contribution < -0.4 is 5.32 Å².